The molecule has 0 saturated carbocycles. The molecular weight excluding hydrogens is 144 g/mol. The van der Waals surface area contributed by atoms with Crippen molar-refractivity contribution in [2.24, 2.45) is 0 Å². The van der Waals surface area contributed by atoms with Crippen LogP contribution in [0.1, 0.15) is 33.6 Å². The maximum Gasteiger partial charge on any atom is 0.305 e. The van der Waals surface area contributed by atoms with Gasteiger partial charge in [0.2, 0.25) is 0 Å². The Morgan fingerprint density at radius 2 is 2.09 bits per heavy atom. The monoisotopic (exact) mass is 160 g/mol. The van der Waals surface area contributed by atoms with Crippen molar-refractivity contribution in [1.29, 1.82) is 0 Å². The number of aliphatic hydroxyl groups is 1. The third-order valence-corrected chi connectivity index (χ3v) is 1.57. The van der Waals surface area contributed by atoms with Crippen LogP contribution in [0, 0.1) is 0 Å². The smallest absolute Gasteiger partial charge is 0.305 e. The first-order valence-electron chi connectivity index (χ1n) is 3.99. The summed E-state index contributed by atoms with van der Waals surface area (Å²) >= 11 is 0. The predicted molar refractivity (Wildman–Crippen MR) is 42.1 cm³/mol. The number of ether oxygens (including phenoxy) is 1. The molecule has 0 spiro atoms. The predicted octanol–water partition coefficient (Wildman–Crippen LogP) is 1.10. The van der Waals surface area contributed by atoms with Crippen molar-refractivity contribution < 1.29 is 14.6 Å². The molecule has 0 amide bonds. The minimum atomic E-state index is -0.537. The Balaban J connectivity index is 3.67. The van der Waals surface area contributed by atoms with Crippen LogP contribution in [0.4, 0.5) is 0 Å². The van der Waals surface area contributed by atoms with Crippen molar-refractivity contribution in [3.8, 4) is 0 Å². The summed E-state index contributed by atoms with van der Waals surface area (Å²) in [6.45, 7) is 5.27. The molecule has 2 atom stereocenters. The van der Waals surface area contributed by atoms with E-state index in [-0.39, 0.29) is 12.1 Å². The first-order valence-corrected chi connectivity index (χ1v) is 3.99. The van der Waals surface area contributed by atoms with Gasteiger partial charge in [-0.2, -0.15) is 0 Å². The number of esters is 1. The minimum Gasteiger partial charge on any atom is -0.460 e. The van der Waals surface area contributed by atoms with Gasteiger partial charge in [-0.1, -0.05) is 13.8 Å². The normalized spacial score (nSPS) is 15.6. The molecule has 0 aromatic heterocycles. The first kappa shape index (κ1) is 10.4. The zero-order valence-electron chi connectivity index (χ0n) is 7.33. The lowest BCUT2D eigenvalue weighted by Crippen LogP contribution is -2.27. The van der Waals surface area contributed by atoms with Crippen LogP contribution in [0.3, 0.4) is 0 Å². The number of aliphatic hydroxyl groups excluding tert-OH is 1. The van der Waals surface area contributed by atoms with Crippen LogP contribution < -0.4 is 0 Å². The van der Waals surface area contributed by atoms with Gasteiger partial charge in [-0.3, -0.25) is 4.79 Å². The molecule has 0 heterocycles. The van der Waals surface area contributed by atoms with E-state index in [4.69, 9.17) is 4.74 Å². The Labute approximate surface area is 67.4 Å². The number of carbonyl (C=O) groups is 1. The molecule has 66 valence electrons. The summed E-state index contributed by atoms with van der Waals surface area (Å²) in [6, 6.07) is 0. The van der Waals surface area contributed by atoms with Gasteiger partial charge in [0.15, 0.2) is 0 Å². The molecule has 0 fully saturated rings. The highest BCUT2D eigenvalue weighted by atomic mass is 16.6. The largest absolute Gasteiger partial charge is 0.460 e. The van der Waals surface area contributed by atoms with Crippen LogP contribution >= 0.6 is 0 Å². The van der Waals surface area contributed by atoms with E-state index in [0.717, 1.165) is 0 Å². The lowest BCUT2D eigenvalue weighted by molar-refractivity contribution is -0.153. The molecule has 2 unspecified atom stereocenters. The molecule has 1 N–H and O–H groups in total. The molecule has 0 aliphatic rings. The first-order chi connectivity index (χ1) is 5.11. The summed E-state index contributed by atoms with van der Waals surface area (Å²) in [6.07, 6.45) is 0.0526. The van der Waals surface area contributed by atoms with E-state index >= 15 is 0 Å². The third kappa shape index (κ3) is 3.98. The topological polar surface area (TPSA) is 46.5 Å². The fourth-order valence-corrected chi connectivity index (χ4v) is 0.701. The summed E-state index contributed by atoms with van der Waals surface area (Å²) in [7, 11) is 0. The molecule has 0 aliphatic carbocycles. The van der Waals surface area contributed by atoms with E-state index in [1.807, 2.05) is 6.92 Å². The number of carbonyl (C=O) groups excluding carboxylic acids is 1. The second-order valence-corrected chi connectivity index (χ2v) is 2.52. The van der Waals surface area contributed by atoms with Gasteiger partial charge in [0, 0.05) is 6.42 Å². The third-order valence-electron chi connectivity index (χ3n) is 1.57. The quantitative estimate of drug-likeness (QED) is 0.626. The summed E-state index contributed by atoms with van der Waals surface area (Å²) in [5.74, 6) is -0.259. The lowest BCUT2D eigenvalue weighted by atomic mass is 10.2. The van der Waals surface area contributed by atoms with Crippen molar-refractivity contribution in [3.05, 3.63) is 0 Å². The van der Waals surface area contributed by atoms with Crippen LogP contribution in [-0.2, 0) is 9.53 Å². The highest BCUT2D eigenvalue weighted by Gasteiger charge is 2.15. The van der Waals surface area contributed by atoms with E-state index in [0.29, 0.717) is 12.8 Å². The molecule has 0 aromatic rings. The van der Waals surface area contributed by atoms with E-state index in [2.05, 4.69) is 0 Å². The molecule has 0 rings (SSSR count). The van der Waals surface area contributed by atoms with Crippen LogP contribution in [0.25, 0.3) is 0 Å². The summed E-state index contributed by atoms with van der Waals surface area (Å²) in [4.78, 5) is 10.7. The van der Waals surface area contributed by atoms with E-state index in [1.54, 1.807) is 13.8 Å². The second kappa shape index (κ2) is 5.13. The summed E-state index contributed by atoms with van der Waals surface area (Å²) in [5.41, 5.74) is 0. The van der Waals surface area contributed by atoms with Gasteiger partial charge < -0.3 is 9.84 Å². The van der Waals surface area contributed by atoms with Crippen LogP contribution in [0.15, 0.2) is 0 Å². The van der Waals surface area contributed by atoms with Crippen molar-refractivity contribution in [2.75, 3.05) is 0 Å². The van der Waals surface area contributed by atoms with Crippen LogP contribution in [-0.4, -0.2) is 23.3 Å². The van der Waals surface area contributed by atoms with Gasteiger partial charge in [-0.05, 0) is 13.3 Å². The molecule has 0 saturated heterocycles. The maximum absolute atomic E-state index is 10.7. The summed E-state index contributed by atoms with van der Waals surface area (Å²) < 4.78 is 4.86. The summed E-state index contributed by atoms with van der Waals surface area (Å²) in [5, 5.41) is 9.19. The van der Waals surface area contributed by atoms with E-state index in [9.17, 15) is 9.90 Å². The number of rotatable bonds is 4. The molecule has 0 aromatic carbocycles. The average molecular weight is 160 g/mol. The Hall–Kier alpha value is -0.570. The van der Waals surface area contributed by atoms with Crippen LogP contribution in [0.2, 0.25) is 0 Å². The second-order valence-electron chi connectivity index (χ2n) is 2.52. The molecule has 0 radical (unpaired) electrons. The minimum absolute atomic E-state index is 0.259. The van der Waals surface area contributed by atoms with E-state index in [1.165, 1.54) is 0 Å². The van der Waals surface area contributed by atoms with Gasteiger partial charge in [-0.25, -0.2) is 0 Å². The zero-order valence-corrected chi connectivity index (χ0v) is 7.33. The molecular formula is C8H16O3. The fraction of sp³-hybridized carbons (Fsp3) is 0.875. The molecule has 3 heteroatoms. The fourth-order valence-electron chi connectivity index (χ4n) is 0.701. The lowest BCUT2D eigenvalue weighted by Gasteiger charge is -2.17. The van der Waals surface area contributed by atoms with Crippen molar-refractivity contribution in [1.82, 2.24) is 0 Å². The van der Waals surface area contributed by atoms with Gasteiger partial charge in [0.05, 0.1) is 6.10 Å². The standard InChI is InChI=1S/C8H16O3/c1-4-7(9)6(3)11-8(10)5-2/h6-7,9H,4-5H2,1-3H3. The Morgan fingerprint density at radius 1 is 1.55 bits per heavy atom. The molecule has 11 heavy (non-hydrogen) atoms. The number of hydrogen-bond acceptors (Lipinski definition) is 3. The van der Waals surface area contributed by atoms with Crippen molar-refractivity contribution in [3.63, 3.8) is 0 Å². The number of hydrogen-bond donors (Lipinski definition) is 1. The van der Waals surface area contributed by atoms with Crippen LogP contribution in [0.5, 0.6) is 0 Å². The zero-order chi connectivity index (χ0) is 8.85. The Morgan fingerprint density at radius 3 is 2.45 bits per heavy atom. The van der Waals surface area contributed by atoms with Gasteiger partial charge in [0.25, 0.3) is 0 Å². The highest BCUT2D eigenvalue weighted by Crippen LogP contribution is 2.03. The molecule has 0 bridgehead atoms. The molecule has 3 nitrogen and oxygen atoms in total. The van der Waals surface area contributed by atoms with Gasteiger partial charge in [-0.15, -0.1) is 0 Å². The highest BCUT2D eigenvalue weighted by molar-refractivity contribution is 5.69. The Kier molecular flexibility index (Phi) is 4.86. The Bertz CT molecular complexity index is 123. The van der Waals surface area contributed by atoms with Crippen molar-refractivity contribution >= 4 is 5.97 Å². The van der Waals surface area contributed by atoms with Gasteiger partial charge in [0.1, 0.15) is 6.10 Å². The maximum atomic E-state index is 10.7. The van der Waals surface area contributed by atoms with Crippen molar-refractivity contribution in [2.45, 2.75) is 45.8 Å². The average Bonchev–Trinajstić information content (AvgIpc) is 2.02. The molecule has 0 aliphatic heterocycles. The SMILES string of the molecule is CCC(=O)OC(C)C(O)CC. The van der Waals surface area contributed by atoms with E-state index < -0.39 is 6.10 Å². The van der Waals surface area contributed by atoms with Gasteiger partial charge >= 0.3 is 5.97 Å².